The van der Waals surface area contributed by atoms with Crippen LogP contribution in [-0.4, -0.2) is 46.5 Å². The van der Waals surface area contributed by atoms with E-state index in [2.05, 4.69) is 45.6 Å². The fourth-order valence-corrected chi connectivity index (χ4v) is 3.10. The van der Waals surface area contributed by atoms with Crippen molar-refractivity contribution < 1.29 is 9.21 Å². The highest BCUT2D eigenvalue weighted by atomic mass is 16.3. The molecule has 1 aliphatic heterocycles. The molecule has 0 atom stereocenters. The van der Waals surface area contributed by atoms with E-state index in [0.29, 0.717) is 18.8 Å². The first-order valence-corrected chi connectivity index (χ1v) is 8.40. The van der Waals surface area contributed by atoms with Gasteiger partial charge in [-0.3, -0.25) is 9.36 Å². The lowest BCUT2D eigenvalue weighted by molar-refractivity contribution is 0.0714. The van der Waals surface area contributed by atoms with Crippen molar-refractivity contribution in [2.75, 3.05) is 31.1 Å². The first-order valence-electron chi connectivity index (χ1n) is 8.40. The van der Waals surface area contributed by atoms with Crippen molar-refractivity contribution in [1.29, 1.82) is 0 Å². The molecule has 3 aromatic rings. The van der Waals surface area contributed by atoms with E-state index in [1.165, 1.54) is 11.8 Å². The highest BCUT2D eigenvalue weighted by Crippen LogP contribution is 2.20. The molecule has 1 amide bonds. The summed E-state index contributed by atoms with van der Waals surface area (Å²) in [7, 11) is 0. The van der Waals surface area contributed by atoms with Crippen LogP contribution < -0.4 is 4.90 Å². The number of carbonyl (C=O) groups excluding carboxylic acids is 1. The molecule has 0 spiro atoms. The molecule has 25 heavy (non-hydrogen) atoms. The highest BCUT2D eigenvalue weighted by Gasteiger charge is 2.25. The molecule has 128 valence electrons. The van der Waals surface area contributed by atoms with Crippen LogP contribution in [-0.2, 0) is 0 Å². The minimum Gasteiger partial charge on any atom is -0.459 e. The van der Waals surface area contributed by atoms with Crippen LogP contribution in [0.1, 0.15) is 16.1 Å². The van der Waals surface area contributed by atoms with Gasteiger partial charge in [-0.2, -0.15) is 0 Å². The molecular weight excluding hydrogens is 316 g/mol. The van der Waals surface area contributed by atoms with Crippen molar-refractivity contribution in [2.45, 2.75) is 6.92 Å². The number of nitrogens with zero attached hydrogens (tertiary/aromatic N) is 4. The normalized spacial score (nSPS) is 14.8. The molecule has 0 saturated carbocycles. The number of benzene rings is 1. The number of imidazole rings is 1. The van der Waals surface area contributed by atoms with Crippen molar-refractivity contribution in [3.05, 3.63) is 66.4 Å². The predicted octanol–water partition coefficient (Wildman–Crippen LogP) is 2.74. The number of anilines is 1. The van der Waals surface area contributed by atoms with Crippen molar-refractivity contribution in [3.8, 4) is 5.69 Å². The summed E-state index contributed by atoms with van der Waals surface area (Å²) in [5.41, 5.74) is 2.32. The fourth-order valence-electron chi connectivity index (χ4n) is 3.10. The molecule has 4 rings (SSSR count). The molecule has 1 saturated heterocycles. The van der Waals surface area contributed by atoms with Gasteiger partial charge in [0.25, 0.3) is 5.91 Å². The van der Waals surface area contributed by atoms with Gasteiger partial charge >= 0.3 is 0 Å². The molecule has 3 heterocycles. The number of carbonyl (C=O) groups is 1. The molecule has 0 N–H and O–H groups in total. The average molecular weight is 336 g/mol. The Morgan fingerprint density at radius 2 is 1.84 bits per heavy atom. The van der Waals surface area contributed by atoms with E-state index in [4.69, 9.17) is 4.42 Å². The van der Waals surface area contributed by atoms with E-state index in [1.54, 1.807) is 12.1 Å². The Kier molecular flexibility index (Phi) is 4.01. The van der Waals surface area contributed by atoms with Gasteiger partial charge in [-0.25, -0.2) is 4.98 Å². The molecule has 0 aliphatic carbocycles. The highest BCUT2D eigenvalue weighted by molar-refractivity contribution is 5.91. The molecule has 1 aliphatic rings. The summed E-state index contributed by atoms with van der Waals surface area (Å²) in [4.78, 5) is 20.9. The predicted molar refractivity (Wildman–Crippen MR) is 95.1 cm³/mol. The number of piperazine rings is 1. The van der Waals surface area contributed by atoms with E-state index in [1.807, 2.05) is 17.3 Å². The fraction of sp³-hybridized carbons (Fsp3) is 0.263. The summed E-state index contributed by atoms with van der Waals surface area (Å²) >= 11 is 0. The molecule has 6 heteroatoms. The Hall–Kier alpha value is -3.02. The zero-order valence-corrected chi connectivity index (χ0v) is 14.1. The zero-order chi connectivity index (χ0) is 17.2. The van der Waals surface area contributed by atoms with Crippen LogP contribution in [0.25, 0.3) is 5.69 Å². The summed E-state index contributed by atoms with van der Waals surface area (Å²) in [6, 6.07) is 11.8. The van der Waals surface area contributed by atoms with Gasteiger partial charge in [0.1, 0.15) is 0 Å². The van der Waals surface area contributed by atoms with Crippen LogP contribution in [0.4, 0.5) is 5.95 Å². The van der Waals surface area contributed by atoms with E-state index in [-0.39, 0.29) is 5.91 Å². The maximum absolute atomic E-state index is 12.4. The number of hydrogen-bond donors (Lipinski definition) is 0. The molecule has 2 aromatic heterocycles. The minimum absolute atomic E-state index is 0.0495. The van der Waals surface area contributed by atoms with E-state index in [9.17, 15) is 4.79 Å². The van der Waals surface area contributed by atoms with Crippen LogP contribution in [0.3, 0.4) is 0 Å². The largest absolute Gasteiger partial charge is 0.459 e. The third kappa shape index (κ3) is 3.03. The second-order valence-electron chi connectivity index (χ2n) is 6.19. The Balaban J connectivity index is 1.48. The quantitative estimate of drug-likeness (QED) is 0.738. The molecular formula is C19H20N4O2. The number of furan rings is 1. The maximum Gasteiger partial charge on any atom is 0.289 e. The molecule has 6 nitrogen and oxygen atoms in total. The number of aryl methyl sites for hydroxylation is 1. The minimum atomic E-state index is -0.0495. The van der Waals surface area contributed by atoms with Crippen LogP contribution >= 0.6 is 0 Å². The zero-order valence-electron chi connectivity index (χ0n) is 14.1. The van der Waals surface area contributed by atoms with Gasteiger partial charge in [-0.15, -0.1) is 0 Å². The van der Waals surface area contributed by atoms with Gasteiger partial charge in [0.2, 0.25) is 5.95 Å². The summed E-state index contributed by atoms with van der Waals surface area (Å²) in [6.07, 6.45) is 5.32. The van der Waals surface area contributed by atoms with E-state index >= 15 is 0 Å². The number of rotatable bonds is 3. The smallest absolute Gasteiger partial charge is 0.289 e. The van der Waals surface area contributed by atoms with Crippen LogP contribution in [0.5, 0.6) is 0 Å². The third-order valence-corrected chi connectivity index (χ3v) is 4.52. The van der Waals surface area contributed by atoms with Gasteiger partial charge in [-0.05, 0) is 31.2 Å². The van der Waals surface area contributed by atoms with Crippen LogP contribution in [0.2, 0.25) is 0 Å². The molecule has 1 aromatic carbocycles. The molecule has 0 bridgehead atoms. The number of aromatic nitrogens is 2. The first-order chi connectivity index (χ1) is 12.2. The Morgan fingerprint density at radius 3 is 2.52 bits per heavy atom. The number of amides is 1. The van der Waals surface area contributed by atoms with Crippen molar-refractivity contribution >= 4 is 11.9 Å². The average Bonchev–Trinajstić information content (AvgIpc) is 3.34. The lowest BCUT2D eigenvalue weighted by Gasteiger charge is -2.35. The second-order valence-corrected chi connectivity index (χ2v) is 6.19. The number of hydrogen-bond acceptors (Lipinski definition) is 4. The summed E-state index contributed by atoms with van der Waals surface area (Å²) in [5, 5.41) is 0. The van der Waals surface area contributed by atoms with Gasteiger partial charge in [0.05, 0.1) is 6.26 Å². The first kappa shape index (κ1) is 15.5. The molecule has 0 unspecified atom stereocenters. The maximum atomic E-state index is 12.4. The molecule has 1 fully saturated rings. The Bertz CT molecular complexity index is 844. The topological polar surface area (TPSA) is 54.5 Å². The van der Waals surface area contributed by atoms with Gasteiger partial charge < -0.3 is 14.2 Å². The summed E-state index contributed by atoms with van der Waals surface area (Å²) in [6.45, 7) is 4.87. The van der Waals surface area contributed by atoms with Crippen molar-refractivity contribution in [2.24, 2.45) is 0 Å². The van der Waals surface area contributed by atoms with Gasteiger partial charge in [0, 0.05) is 44.3 Å². The SMILES string of the molecule is Cc1ccc(-n2ccnc2N2CCN(C(=O)c3ccco3)CC2)cc1. The third-order valence-electron chi connectivity index (χ3n) is 4.52. The molecule has 0 radical (unpaired) electrons. The van der Waals surface area contributed by atoms with Gasteiger partial charge in [-0.1, -0.05) is 17.7 Å². The second kappa shape index (κ2) is 6.47. The van der Waals surface area contributed by atoms with Crippen molar-refractivity contribution in [1.82, 2.24) is 14.5 Å². The summed E-state index contributed by atoms with van der Waals surface area (Å²) < 4.78 is 7.30. The lowest BCUT2D eigenvalue weighted by atomic mass is 10.2. The monoisotopic (exact) mass is 336 g/mol. The van der Waals surface area contributed by atoms with E-state index < -0.39 is 0 Å². The van der Waals surface area contributed by atoms with Crippen molar-refractivity contribution in [3.63, 3.8) is 0 Å². The van der Waals surface area contributed by atoms with E-state index in [0.717, 1.165) is 24.7 Å². The van der Waals surface area contributed by atoms with Crippen LogP contribution in [0, 0.1) is 6.92 Å². The standard InChI is InChI=1S/C19H20N4O2/c1-15-4-6-16(7-5-15)23-9-8-20-19(23)22-12-10-21(11-13-22)18(24)17-3-2-14-25-17/h2-9,14H,10-13H2,1H3. The Morgan fingerprint density at radius 1 is 1.08 bits per heavy atom. The summed E-state index contributed by atoms with van der Waals surface area (Å²) in [5.74, 6) is 1.26. The van der Waals surface area contributed by atoms with Crippen LogP contribution in [0.15, 0.2) is 59.5 Å². The Labute approximate surface area is 146 Å². The van der Waals surface area contributed by atoms with Gasteiger partial charge in [0.15, 0.2) is 5.76 Å². The lowest BCUT2D eigenvalue weighted by Crippen LogP contribution is -2.49.